The number of hydrogen-bond acceptors (Lipinski definition) is 5. The summed E-state index contributed by atoms with van der Waals surface area (Å²) < 4.78 is 0. The van der Waals surface area contributed by atoms with Crippen LogP contribution in [0.4, 0.5) is 5.69 Å². The van der Waals surface area contributed by atoms with Gasteiger partial charge in [-0.15, -0.1) is 5.10 Å². The van der Waals surface area contributed by atoms with E-state index in [4.69, 9.17) is 5.84 Å². The standard InChI is InChI=1S/C7H7N5/c8-11-6-4-10-12-5-2-1-3-9-7(5)6/h1-4H,8H2,(H,11,12). The molecule has 2 heterocycles. The summed E-state index contributed by atoms with van der Waals surface area (Å²) in [5.41, 5.74) is 4.65. The first-order chi connectivity index (χ1) is 5.92. The molecule has 2 aromatic rings. The number of fused-ring (bicyclic) bond motifs is 1. The Morgan fingerprint density at radius 1 is 1.42 bits per heavy atom. The number of nitrogen functional groups attached to an aromatic ring is 1. The first-order valence-corrected chi connectivity index (χ1v) is 3.45. The highest BCUT2D eigenvalue weighted by Gasteiger charge is 2.00. The van der Waals surface area contributed by atoms with Crippen molar-refractivity contribution in [2.45, 2.75) is 0 Å². The molecule has 0 unspecified atom stereocenters. The maximum atomic E-state index is 5.26. The van der Waals surface area contributed by atoms with Crippen LogP contribution < -0.4 is 11.3 Å². The summed E-state index contributed by atoms with van der Waals surface area (Å²) >= 11 is 0. The molecule has 0 amide bonds. The molecule has 12 heavy (non-hydrogen) atoms. The molecule has 0 bridgehead atoms. The molecule has 0 aromatic carbocycles. The molecule has 0 aliphatic heterocycles. The van der Waals surface area contributed by atoms with Crippen LogP contribution in [0.25, 0.3) is 11.0 Å². The Hall–Kier alpha value is -1.75. The number of aromatic nitrogens is 3. The van der Waals surface area contributed by atoms with Gasteiger partial charge in [0.2, 0.25) is 0 Å². The fourth-order valence-electron chi connectivity index (χ4n) is 1.00. The maximum Gasteiger partial charge on any atom is 0.117 e. The summed E-state index contributed by atoms with van der Waals surface area (Å²) in [6.45, 7) is 0. The second-order valence-corrected chi connectivity index (χ2v) is 2.27. The van der Waals surface area contributed by atoms with E-state index in [0.717, 1.165) is 11.0 Å². The lowest BCUT2D eigenvalue weighted by molar-refractivity contribution is 1.06. The Morgan fingerprint density at radius 2 is 2.33 bits per heavy atom. The van der Waals surface area contributed by atoms with Crippen molar-refractivity contribution < 1.29 is 0 Å². The molecule has 2 rings (SSSR count). The van der Waals surface area contributed by atoms with E-state index in [1.165, 1.54) is 6.20 Å². The lowest BCUT2D eigenvalue weighted by Gasteiger charge is -2.00. The summed E-state index contributed by atoms with van der Waals surface area (Å²) in [6.07, 6.45) is 3.22. The van der Waals surface area contributed by atoms with Crippen molar-refractivity contribution in [3.63, 3.8) is 0 Å². The van der Waals surface area contributed by atoms with E-state index in [2.05, 4.69) is 20.6 Å². The van der Waals surface area contributed by atoms with Crippen molar-refractivity contribution in [1.82, 2.24) is 15.2 Å². The van der Waals surface area contributed by atoms with Gasteiger partial charge in [0.15, 0.2) is 0 Å². The zero-order chi connectivity index (χ0) is 8.39. The number of hydrazine groups is 1. The minimum absolute atomic E-state index is 0.681. The van der Waals surface area contributed by atoms with Crippen LogP contribution in [0.1, 0.15) is 0 Å². The molecular weight excluding hydrogens is 154 g/mol. The molecule has 60 valence electrons. The van der Waals surface area contributed by atoms with Crippen molar-refractivity contribution in [3.8, 4) is 0 Å². The van der Waals surface area contributed by atoms with Crippen LogP contribution in [0, 0.1) is 0 Å². The van der Waals surface area contributed by atoms with Gasteiger partial charge in [0.05, 0.1) is 11.9 Å². The number of hydrogen-bond donors (Lipinski definition) is 2. The number of anilines is 1. The maximum absolute atomic E-state index is 5.26. The van der Waals surface area contributed by atoms with Crippen molar-refractivity contribution in [3.05, 3.63) is 24.5 Å². The molecule has 3 N–H and O–H groups in total. The Kier molecular flexibility index (Phi) is 1.56. The molecule has 2 aromatic heterocycles. The molecule has 0 atom stereocenters. The van der Waals surface area contributed by atoms with Crippen LogP contribution >= 0.6 is 0 Å². The van der Waals surface area contributed by atoms with Crippen molar-refractivity contribution >= 4 is 16.7 Å². The van der Waals surface area contributed by atoms with Gasteiger partial charge in [-0.1, -0.05) is 0 Å². The van der Waals surface area contributed by atoms with E-state index in [9.17, 15) is 0 Å². The third kappa shape index (κ3) is 0.960. The zero-order valence-electron chi connectivity index (χ0n) is 6.23. The largest absolute Gasteiger partial charge is 0.321 e. The Bertz CT molecular complexity index is 394. The predicted octanol–water partition coefficient (Wildman–Crippen LogP) is 0.310. The highest BCUT2D eigenvalue weighted by molar-refractivity contribution is 5.85. The van der Waals surface area contributed by atoms with Gasteiger partial charge in [-0.05, 0) is 12.1 Å². The smallest absolute Gasteiger partial charge is 0.117 e. The van der Waals surface area contributed by atoms with E-state index in [-0.39, 0.29) is 0 Å². The summed E-state index contributed by atoms with van der Waals surface area (Å²) in [6, 6.07) is 3.63. The van der Waals surface area contributed by atoms with E-state index in [1.54, 1.807) is 12.3 Å². The number of rotatable bonds is 1. The SMILES string of the molecule is NNc1cnnc2cccnc12. The van der Waals surface area contributed by atoms with Crippen LogP contribution in [0.5, 0.6) is 0 Å². The van der Waals surface area contributed by atoms with Crippen LogP contribution in [0.2, 0.25) is 0 Å². The fourth-order valence-corrected chi connectivity index (χ4v) is 1.00. The van der Waals surface area contributed by atoms with Gasteiger partial charge in [0.1, 0.15) is 11.0 Å². The topological polar surface area (TPSA) is 76.7 Å². The molecule has 0 saturated heterocycles. The number of nitrogens with zero attached hydrogens (tertiary/aromatic N) is 3. The molecule has 0 radical (unpaired) electrons. The Labute approximate surface area is 68.6 Å². The molecular formula is C7H7N5. The number of nitrogens with one attached hydrogen (secondary N) is 1. The number of nitrogens with two attached hydrogens (primary N) is 1. The van der Waals surface area contributed by atoms with E-state index < -0.39 is 0 Å². The molecule has 0 spiro atoms. The molecule has 5 nitrogen and oxygen atoms in total. The van der Waals surface area contributed by atoms with Crippen molar-refractivity contribution in [2.75, 3.05) is 5.43 Å². The summed E-state index contributed by atoms with van der Waals surface area (Å²) in [7, 11) is 0. The van der Waals surface area contributed by atoms with Gasteiger partial charge in [0.25, 0.3) is 0 Å². The minimum atomic E-state index is 0.681. The van der Waals surface area contributed by atoms with E-state index in [1.807, 2.05) is 6.07 Å². The van der Waals surface area contributed by atoms with E-state index >= 15 is 0 Å². The summed E-state index contributed by atoms with van der Waals surface area (Å²) in [4.78, 5) is 4.11. The lowest BCUT2D eigenvalue weighted by Crippen LogP contribution is -2.08. The van der Waals surface area contributed by atoms with Crippen LogP contribution in [0.15, 0.2) is 24.5 Å². The molecule has 5 heteroatoms. The second-order valence-electron chi connectivity index (χ2n) is 2.27. The summed E-state index contributed by atoms with van der Waals surface area (Å²) in [5, 5.41) is 7.63. The monoisotopic (exact) mass is 161 g/mol. The highest BCUT2D eigenvalue weighted by Crippen LogP contribution is 2.14. The first-order valence-electron chi connectivity index (χ1n) is 3.45. The number of pyridine rings is 1. The van der Waals surface area contributed by atoms with Gasteiger partial charge in [-0.2, -0.15) is 5.10 Å². The van der Waals surface area contributed by atoms with Gasteiger partial charge in [0, 0.05) is 6.20 Å². The molecule has 0 saturated carbocycles. The summed E-state index contributed by atoms with van der Waals surface area (Å²) in [5.74, 6) is 5.26. The van der Waals surface area contributed by atoms with Crippen molar-refractivity contribution in [2.24, 2.45) is 5.84 Å². The van der Waals surface area contributed by atoms with Crippen LogP contribution in [-0.4, -0.2) is 15.2 Å². The molecule has 0 aliphatic carbocycles. The zero-order valence-corrected chi connectivity index (χ0v) is 6.23. The normalized spacial score (nSPS) is 10.1. The quantitative estimate of drug-likeness (QED) is 0.465. The van der Waals surface area contributed by atoms with E-state index in [0.29, 0.717) is 5.69 Å². The third-order valence-electron chi connectivity index (χ3n) is 1.55. The van der Waals surface area contributed by atoms with Gasteiger partial charge < -0.3 is 5.43 Å². The highest BCUT2D eigenvalue weighted by atomic mass is 15.2. The second kappa shape index (κ2) is 2.71. The average molecular weight is 161 g/mol. The first kappa shape index (κ1) is 6.93. The van der Waals surface area contributed by atoms with Crippen LogP contribution in [0.3, 0.4) is 0 Å². The van der Waals surface area contributed by atoms with Gasteiger partial charge >= 0.3 is 0 Å². The van der Waals surface area contributed by atoms with Crippen molar-refractivity contribution in [1.29, 1.82) is 0 Å². The molecule has 0 aliphatic rings. The third-order valence-corrected chi connectivity index (χ3v) is 1.55. The van der Waals surface area contributed by atoms with Crippen LogP contribution in [-0.2, 0) is 0 Å². The minimum Gasteiger partial charge on any atom is -0.321 e. The predicted molar refractivity (Wildman–Crippen MR) is 45.1 cm³/mol. The Balaban J connectivity index is 2.79. The Morgan fingerprint density at radius 3 is 3.17 bits per heavy atom. The fraction of sp³-hybridized carbons (Fsp3) is 0. The average Bonchev–Trinajstić information content (AvgIpc) is 2.17. The van der Waals surface area contributed by atoms with Gasteiger partial charge in [-0.3, -0.25) is 10.8 Å². The van der Waals surface area contributed by atoms with Gasteiger partial charge in [-0.25, -0.2) is 0 Å². The molecule has 0 fully saturated rings. The lowest BCUT2D eigenvalue weighted by atomic mass is 10.3.